The normalized spacial score (nSPS) is 15.5. The van der Waals surface area contributed by atoms with E-state index in [2.05, 4.69) is 28.1 Å². The highest BCUT2D eigenvalue weighted by molar-refractivity contribution is 7.85. The molecule has 0 aromatic heterocycles. The lowest BCUT2D eigenvalue weighted by Gasteiger charge is -2.23. The van der Waals surface area contributed by atoms with Crippen molar-refractivity contribution in [3.63, 3.8) is 0 Å². The van der Waals surface area contributed by atoms with E-state index in [1.807, 2.05) is 12.1 Å². The third-order valence-corrected chi connectivity index (χ3v) is 8.21. The summed E-state index contributed by atoms with van der Waals surface area (Å²) in [6.07, 6.45) is 5.76. The lowest BCUT2D eigenvalue weighted by molar-refractivity contribution is -0.125. The molecule has 14 heteroatoms. The Kier molecular flexibility index (Phi) is 12.6. The fraction of sp³-hybridized carbons (Fsp3) is 0.464. The number of fused-ring (bicyclic) bond motifs is 1. The van der Waals surface area contributed by atoms with E-state index in [4.69, 9.17) is 20.4 Å². The van der Waals surface area contributed by atoms with Crippen molar-refractivity contribution in [2.24, 2.45) is 17.6 Å². The highest BCUT2D eigenvalue weighted by Gasteiger charge is 2.34. The second-order valence-corrected chi connectivity index (χ2v) is 12.0. The largest absolute Gasteiger partial charge is 0.549 e. The first-order valence-electron chi connectivity index (χ1n) is 14.1. The first kappa shape index (κ1) is 32.9. The quantitative estimate of drug-likeness (QED) is 0.0661. The Bertz CT molecular complexity index is 1270. The van der Waals surface area contributed by atoms with Gasteiger partial charge >= 0.3 is 13.2 Å². The zero-order valence-corrected chi connectivity index (χ0v) is 24.3. The van der Waals surface area contributed by atoms with E-state index in [0.29, 0.717) is 31.8 Å². The van der Waals surface area contributed by atoms with Crippen LogP contribution in [0.3, 0.4) is 0 Å². The van der Waals surface area contributed by atoms with Crippen molar-refractivity contribution in [1.82, 2.24) is 16.0 Å². The molecule has 2 amide bonds. The summed E-state index contributed by atoms with van der Waals surface area (Å²) in [6, 6.07) is 15.7. The van der Waals surface area contributed by atoms with Crippen molar-refractivity contribution in [2.45, 2.75) is 62.2 Å². The standard InChI is InChI=1S/C22H34BN5O4.C6H6O3S/c24-21(25)26-11-5-10-19(28-20(29)16-6-1-2-7-16)23(31)32-22(30)27-14-15-12-17-8-3-4-9-18(17)13-15;7-10(8,9)6-4-2-1-3-5-6/h3-4,8-9,15-16,19,31H,1-2,5-7,10-14H2,(H,27,30)(H,28,29)(H4,24,25,26);1-5H,(H,7,8,9). The number of nitrogens with two attached hydrogens (primary N) is 1. The Balaban J connectivity index is 0.000000408. The van der Waals surface area contributed by atoms with Gasteiger partial charge in [-0.05, 0) is 67.7 Å². The molecule has 0 radical (unpaired) electrons. The zero-order chi connectivity index (χ0) is 30.5. The van der Waals surface area contributed by atoms with E-state index >= 15 is 0 Å². The molecule has 228 valence electrons. The number of guanidine groups is 1. The van der Waals surface area contributed by atoms with Crippen molar-refractivity contribution in [1.29, 1.82) is 5.41 Å². The van der Waals surface area contributed by atoms with Crippen LogP contribution in [-0.2, 0) is 32.4 Å². The van der Waals surface area contributed by atoms with E-state index in [1.165, 1.54) is 23.3 Å². The molecule has 12 nitrogen and oxygen atoms in total. The number of carbonyl (C=O) groups excluding carboxylic acids is 2. The van der Waals surface area contributed by atoms with Gasteiger partial charge in [0.2, 0.25) is 5.91 Å². The van der Waals surface area contributed by atoms with E-state index < -0.39 is 29.3 Å². The number of hydrogen-bond donors (Lipinski definition) is 7. The maximum absolute atomic E-state index is 12.5. The minimum atomic E-state index is -4.00. The van der Waals surface area contributed by atoms with Crippen LogP contribution in [0.4, 0.5) is 4.79 Å². The zero-order valence-electron chi connectivity index (χ0n) is 23.5. The molecule has 0 saturated heterocycles. The van der Waals surface area contributed by atoms with Crippen LogP contribution in [0, 0.1) is 17.2 Å². The number of carbonyl (C=O) groups is 2. The van der Waals surface area contributed by atoms with Crippen LogP contribution < -0.4 is 21.7 Å². The molecule has 0 heterocycles. The van der Waals surface area contributed by atoms with Gasteiger partial charge in [0.25, 0.3) is 10.1 Å². The van der Waals surface area contributed by atoms with Crippen LogP contribution >= 0.6 is 0 Å². The molecule has 1 saturated carbocycles. The maximum Gasteiger partial charge on any atom is 0.549 e. The summed E-state index contributed by atoms with van der Waals surface area (Å²) < 4.78 is 34.4. The molecular weight excluding hydrogens is 561 g/mol. The van der Waals surface area contributed by atoms with Crippen molar-refractivity contribution in [3.05, 3.63) is 65.7 Å². The first-order chi connectivity index (χ1) is 20.0. The van der Waals surface area contributed by atoms with Gasteiger partial charge in [0.05, 0.1) is 10.8 Å². The number of nitrogens with one attached hydrogen (secondary N) is 4. The minimum absolute atomic E-state index is 0.0575. The predicted molar refractivity (Wildman–Crippen MR) is 159 cm³/mol. The summed E-state index contributed by atoms with van der Waals surface area (Å²) in [5, 5.41) is 26.0. The monoisotopic (exact) mass is 601 g/mol. The molecule has 1 fully saturated rings. The number of hydrogen-bond acceptors (Lipinski definition) is 7. The molecule has 1 unspecified atom stereocenters. The average molecular weight is 602 g/mol. The van der Waals surface area contributed by atoms with Gasteiger partial charge in [0, 0.05) is 19.0 Å². The smallest absolute Gasteiger partial charge is 0.491 e. The minimum Gasteiger partial charge on any atom is -0.491 e. The van der Waals surface area contributed by atoms with Crippen molar-refractivity contribution in [2.75, 3.05) is 13.1 Å². The van der Waals surface area contributed by atoms with Crippen molar-refractivity contribution in [3.8, 4) is 0 Å². The van der Waals surface area contributed by atoms with Gasteiger partial charge < -0.3 is 31.4 Å². The summed E-state index contributed by atoms with van der Waals surface area (Å²) in [5.41, 5.74) is 7.90. The van der Waals surface area contributed by atoms with Gasteiger partial charge in [-0.3, -0.25) is 14.8 Å². The van der Waals surface area contributed by atoms with E-state index in [1.54, 1.807) is 18.2 Å². The molecule has 8 N–H and O–H groups in total. The topological polar surface area (TPSA) is 204 Å². The van der Waals surface area contributed by atoms with Gasteiger partial charge in [0.1, 0.15) is 0 Å². The van der Waals surface area contributed by atoms with Gasteiger partial charge in [-0.1, -0.05) is 55.3 Å². The molecular formula is C28H40BN5O7S. The van der Waals surface area contributed by atoms with Crippen LogP contribution in [0.15, 0.2) is 59.5 Å². The molecule has 0 spiro atoms. The van der Waals surface area contributed by atoms with Crippen LogP contribution in [0.1, 0.15) is 49.7 Å². The fourth-order valence-corrected chi connectivity index (χ4v) is 5.67. The second kappa shape index (κ2) is 16.1. The van der Waals surface area contributed by atoms with Crippen molar-refractivity contribution < 1.29 is 32.2 Å². The molecule has 0 aliphatic heterocycles. The highest BCUT2D eigenvalue weighted by atomic mass is 32.2. The third kappa shape index (κ3) is 11.0. The van der Waals surface area contributed by atoms with Gasteiger partial charge in [0.15, 0.2) is 5.96 Å². The Morgan fingerprint density at radius 2 is 1.62 bits per heavy atom. The predicted octanol–water partition coefficient (Wildman–Crippen LogP) is 2.02. The molecule has 1 atom stereocenters. The molecule has 2 aliphatic carbocycles. The number of benzene rings is 2. The molecule has 42 heavy (non-hydrogen) atoms. The van der Waals surface area contributed by atoms with E-state index in [-0.39, 0.29) is 22.7 Å². The van der Waals surface area contributed by atoms with Gasteiger partial charge in [-0.25, -0.2) is 4.79 Å². The highest BCUT2D eigenvalue weighted by Crippen LogP contribution is 2.26. The fourth-order valence-electron chi connectivity index (χ4n) is 5.17. The Morgan fingerprint density at radius 3 is 2.17 bits per heavy atom. The first-order valence-corrected chi connectivity index (χ1v) is 15.6. The Morgan fingerprint density at radius 1 is 1.02 bits per heavy atom. The van der Waals surface area contributed by atoms with Crippen LogP contribution in [0.5, 0.6) is 0 Å². The number of rotatable bonds is 11. The summed E-state index contributed by atoms with van der Waals surface area (Å²) in [7, 11) is -5.46. The van der Waals surface area contributed by atoms with Gasteiger partial charge in [-0.2, -0.15) is 8.42 Å². The summed E-state index contributed by atoms with van der Waals surface area (Å²) in [4.78, 5) is 24.8. The molecule has 2 aromatic rings. The molecule has 0 bridgehead atoms. The lowest BCUT2D eigenvalue weighted by Crippen LogP contribution is -2.51. The number of amides is 2. The third-order valence-electron chi connectivity index (χ3n) is 7.34. The Hall–Kier alpha value is -3.62. The summed E-state index contributed by atoms with van der Waals surface area (Å²) in [5.74, 6) is -0.732. The average Bonchev–Trinajstić information content (AvgIpc) is 3.64. The SMILES string of the molecule is N=C(N)NCCCC(NC(=O)C1CCCC1)B(O)OC(=O)NCC1Cc2ccccc2C1.O=S(=O)(O)c1ccccc1. The van der Waals surface area contributed by atoms with E-state index in [0.717, 1.165) is 38.5 Å². The summed E-state index contributed by atoms with van der Waals surface area (Å²) in [6.45, 7) is 0.883. The van der Waals surface area contributed by atoms with Crippen LogP contribution in [0.2, 0.25) is 0 Å². The van der Waals surface area contributed by atoms with Gasteiger partial charge in [-0.15, -0.1) is 0 Å². The van der Waals surface area contributed by atoms with Crippen molar-refractivity contribution >= 4 is 35.2 Å². The second-order valence-electron chi connectivity index (χ2n) is 10.6. The Labute approximate surface area is 247 Å². The van der Waals surface area contributed by atoms with E-state index in [9.17, 15) is 23.0 Å². The molecule has 2 aromatic carbocycles. The molecule has 2 aliphatic rings. The molecule has 4 rings (SSSR count). The lowest BCUT2D eigenvalue weighted by atomic mass is 9.75. The van der Waals surface area contributed by atoms with Crippen LogP contribution in [0.25, 0.3) is 0 Å². The van der Waals surface area contributed by atoms with Crippen LogP contribution in [-0.4, -0.2) is 62.1 Å². The maximum atomic E-state index is 12.5. The summed E-state index contributed by atoms with van der Waals surface area (Å²) >= 11 is 0.